The van der Waals surface area contributed by atoms with Gasteiger partial charge in [-0.25, -0.2) is 0 Å². The number of methoxy groups -OCH3 is 1. The number of nitrogens with one attached hydrogen (secondary N) is 1. The fourth-order valence-electron chi connectivity index (χ4n) is 4.71. The number of carbonyl (C=O) groups is 2. The minimum Gasteiger partial charge on any atom is -0.494 e. The Morgan fingerprint density at radius 2 is 1.70 bits per heavy atom. The van der Waals surface area contributed by atoms with Crippen molar-refractivity contribution in [3.63, 3.8) is 0 Å². The van der Waals surface area contributed by atoms with Crippen molar-refractivity contribution in [1.82, 2.24) is 5.32 Å². The van der Waals surface area contributed by atoms with Crippen LogP contribution < -0.4 is 19.5 Å². The fourth-order valence-corrected chi connectivity index (χ4v) is 5.28. The third-order valence-electron chi connectivity index (χ3n) is 6.14. The van der Waals surface area contributed by atoms with Gasteiger partial charge in [0.15, 0.2) is 17.3 Å². The second-order valence-corrected chi connectivity index (χ2v) is 9.05. The van der Waals surface area contributed by atoms with Crippen molar-refractivity contribution >= 4 is 27.6 Å². The lowest BCUT2D eigenvalue weighted by atomic mass is 9.73. The van der Waals surface area contributed by atoms with Crippen LogP contribution in [-0.2, 0) is 9.59 Å². The number of halogens is 1. The third-order valence-corrected chi connectivity index (χ3v) is 6.73. The third kappa shape index (κ3) is 4.78. The molecule has 2 aromatic rings. The van der Waals surface area contributed by atoms with Gasteiger partial charge in [-0.1, -0.05) is 12.1 Å². The Hall–Kier alpha value is -2.80. The van der Waals surface area contributed by atoms with E-state index in [1.807, 2.05) is 50.2 Å². The highest BCUT2D eigenvalue weighted by molar-refractivity contribution is 9.10. The molecular formula is C26H28BrNO5. The second-order valence-electron chi connectivity index (χ2n) is 8.19. The van der Waals surface area contributed by atoms with Crippen molar-refractivity contribution in [2.24, 2.45) is 0 Å². The number of Topliss-reactive ketones (excluding diaryl/α,β-unsaturated/α-hetero) is 1. The topological polar surface area (TPSA) is 73.9 Å². The molecule has 0 saturated carbocycles. The molecule has 7 heteroatoms. The van der Waals surface area contributed by atoms with E-state index in [4.69, 9.17) is 14.2 Å². The average Bonchev–Trinajstić information content (AvgIpc) is 2.80. The first-order valence-corrected chi connectivity index (χ1v) is 12.0. The molecule has 1 N–H and O–H groups in total. The molecule has 0 bridgehead atoms. The molecule has 0 radical (unpaired) electrons. The maximum Gasteiger partial charge on any atom is 0.225 e. The highest BCUT2D eigenvalue weighted by atomic mass is 79.9. The maximum absolute atomic E-state index is 13.4. The Kier molecular flexibility index (Phi) is 7.08. The van der Waals surface area contributed by atoms with Gasteiger partial charge in [-0.15, -0.1) is 0 Å². The van der Waals surface area contributed by atoms with E-state index in [0.717, 1.165) is 27.0 Å². The molecule has 1 amide bonds. The Labute approximate surface area is 202 Å². The van der Waals surface area contributed by atoms with Crippen molar-refractivity contribution in [2.45, 2.75) is 44.9 Å². The molecule has 1 aliphatic carbocycles. The van der Waals surface area contributed by atoms with Gasteiger partial charge >= 0.3 is 0 Å². The molecule has 2 aliphatic rings. The average molecular weight is 514 g/mol. The molecule has 6 nitrogen and oxygen atoms in total. The van der Waals surface area contributed by atoms with Crippen LogP contribution in [0.4, 0.5) is 0 Å². The summed E-state index contributed by atoms with van der Waals surface area (Å²) < 4.78 is 17.5. The van der Waals surface area contributed by atoms with Gasteiger partial charge in [0.1, 0.15) is 5.75 Å². The van der Waals surface area contributed by atoms with Gasteiger partial charge in [-0.3, -0.25) is 9.59 Å². The number of rotatable bonds is 7. The minimum atomic E-state index is -0.316. The van der Waals surface area contributed by atoms with E-state index in [0.29, 0.717) is 43.1 Å². The van der Waals surface area contributed by atoms with Crippen LogP contribution in [0, 0.1) is 0 Å². The van der Waals surface area contributed by atoms with Crippen molar-refractivity contribution < 1.29 is 23.8 Å². The van der Waals surface area contributed by atoms with E-state index >= 15 is 0 Å². The highest BCUT2D eigenvalue weighted by Crippen LogP contribution is 2.46. The molecule has 1 aliphatic heterocycles. The predicted molar refractivity (Wildman–Crippen MR) is 129 cm³/mol. The molecule has 1 heterocycles. The zero-order chi connectivity index (χ0) is 23.5. The smallest absolute Gasteiger partial charge is 0.225 e. The lowest BCUT2D eigenvalue weighted by molar-refractivity contribution is -0.122. The number of amides is 1. The zero-order valence-corrected chi connectivity index (χ0v) is 20.7. The molecule has 2 atom stereocenters. The van der Waals surface area contributed by atoms with E-state index in [2.05, 4.69) is 21.2 Å². The Balaban J connectivity index is 1.67. The van der Waals surface area contributed by atoms with Gasteiger partial charge in [0.2, 0.25) is 5.91 Å². The van der Waals surface area contributed by atoms with E-state index in [1.165, 1.54) is 0 Å². The second kappa shape index (κ2) is 10.00. The van der Waals surface area contributed by atoms with E-state index in [-0.39, 0.29) is 29.9 Å². The molecule has 4 rings (SSSR count). The molecule has 33 heavy (non-hydrogen) atoms. The van der Waals surface area contributed by atoms with Crippen LogP contribution in [0.5, 0.6) is 17.2 Å². The van der Waals surface area contributed by atoms with Crippen molar-refractivity contribution in [2.75, 3.05) is 20.3 Å². The Morgan fingerprint density at radius 1 is 0.970 bits per heavy atom. The predicted octanol–water partition coefficient (Wildman–Crippen LogP) is 5.26. The lowest BCUT2D eigenvalue weighted by Crippen LogP contribution is -2.38. The lowest BCUT2D eigenvalue weighted by Gasteiger charge is -2.34. The molecule has 2 aromatic carbocycles. The van der Waals surface area contributed by atoms with Gasteiger partial charge < -0.3 is 19.5 Å². The Bertz CT molecular complexity index is 1090. The number of ketones is 1. The molecule has 174 valence electrons. The summed E-state index contributed by atoms with van der Waals surface area (Å²) in [4.78, 5) is 26.0. The first-order valence-electron chi connectivity index (χ1n) is 11.2. The summed E-state index contributed by atoms with van der Waals surface area (Å²) >= 11 is 3.56. The largest absolute Gasteiger partial charge is 0.494 e. The first-order chi connectivity index (χ1) is 15.9. The van der Waals surface area contributed by atoms with Gasteiger partial charge in [-0.05, 0) is 77.5 Å². The van der Waals surface area contributed by atoms with Crippen molar-refractivity contribution in [3.8, 4) is 17.2 Å². The number of carbonyl (C=O) groups excluding carboxylic acids is 2. The first kappa shape index (κ1) is 23.4. The summed E-state index contributed by atoms with van der Waals surface area (Å²) in [6, 6.07) is 11.7. The Morgan fingerprint density at radius 3 is 2.36 bits per heavy atom. The van der Waals surface area contributed by atoms with Crippen LogP contribution >= 0.6 is 15.9 Å². The van der Waals surface area contributed by atoms with Crippen LogP contribution in [0.25, 0.3) is 0 Å². The number of benzene rings is 2. The summed E-state index contributed by atoms with van der Waals surface area (Å²) in [7, 11) is 1.58. The monoisotopic (exact) mass is 513 g/mol. The summed E-state index contributed by atoms with van der Waals surface area (Å²) in [6.45, 7) is 4.96. The van der Waals surface area contributed by atoms with E-state index in [9.17, 15) is 9.59 Å². The summed E-state index contributed by atoms with van der Waals surface area (Å²) in [5.74, 6) is 1.70. The van der Waals surface area contributed by atoms with Gasteiger partial charge in [0.25, 0.3) is 0 Å². The number of hydrogen-bond acceptors (Lipinski definition) is 5. The number of ether oxygens (including phenoxy) is 3. The fraction of sp³-hybridized carbons (Fsp3) is 0.385. The van der Waals surface area contributed by atoms with Crippen molar-refractivity contribution in [3.05, 3.63) is 63.3 Å². The maximum atomic E-state index is 13.4. The van der Waals surface area contributed by atoms with Crippen LogP contribution in [0.1, 0.15) is 56.1 Å². The van der Waals surface area contributed by atoms with Crippen LogP contribution in [0.2, 0.25) is 0 Å². The molecule has 0 aromatic heterocycles. The number of hydrogen-bond donors (Lipinski definition) is 1. The van der Waals surface area contributed by atoms with Crippen LogP contribution in [-0.4, -0.2) is 32.0 Å². The SMILES string of the molecule is CCOc1ccc(C2CC(=O)C3=C(C2)NC(=O)CC3c2cc(Br)c(OCC)c(OC)c2)cc1. The summed E-state index contributed by atoms with van der Waals surface area (Å²) in [6.07, 6.45) is 1.25. The van der Waals surface area contributed by atoms with Gasteiger partial charge in [0, 0.05) is 30.0 Å². The van der Waals surface area contributed by atoms with Crippen LogP contribution in [0.3, 0.4) is 0 Å². The van der Waals surface area contributed by atoms with Gasteiger partial charge in [-0.2, -0.15) is 0 Å². The van der Waals surface area contributed by atoms with Gasteiger partial charge in [0.05, 0.1) is 24.8 Å². The minimum absolute atomic E-state index is 0.0209. The number of allylic oxidation sites excluding steroid dienone is 2. The van der Waals surface area contributed by atoms with Crippen molar-refractivity contribution in [1.29, 1.82) is 0 Å². The van der Waals surface area contributed by atoms with Crippen LogP contribution in [0.15, 0.2) is 52.1 Å². The molecule has 0 spiro atoms. The highest BCUT2D eigenvalue weighted by Gasteiger charge is 2.38. The molecule has 0 saturated heterocycles. The molecule has 0 fully saturated rings. The zero-order valence-electron chi connectivity index (χ0n) is 19.1. The van der Waals surface area contributed by atoms with E-state index in [1.54, 1.807) is 7.11 Å². The molecule has 2 unspecified atom stereocenters. The summed E-state index contributed by atoms with van der Waals surface area (Å²) in [5, 5.41) is 2.98. The normalized spacial score (nSPS) is 20.2. The standard InChI is InChI=1S/C26H28BrNO5/c1-4-32-18-8-6-15(7-9-18)16-11-21-25(22(29)12-16)19(14-24(30)28-21)17-10-20(27)26(33-5-2)23(13-17)31-3/h6-10,13,16,19H,4-5,11-12,14H2,1-3H3,(H,28,30). The quantitative estimate of drug-likeness (QED) is 0.546. The summed E-state index contributed by atoms with van der Waals surface area (Å²) in [5.41, 5.74) is 3.36. The van der Waals surface area contributed by atoms with E-state index < -0.39 is 0 Å². The molecular weight excluding hydrogens is 486 g/mol.